The maximum Gasteiger partial charge on any atom is 0.127 e. The minimum Gasteiger partial charge on any atom is -0.496 e. The molecule has 0 fully saturated rings. The molecular weight excluding hydrogens is 344 g/mol. The van der Waals surface area contributed by atoms with E-state index in [9.17, 15) is 0 Å². The first-order chi connectivity index (χ1) is 13.2. The van der Waals surface area contributed by atoms with E-state index < -0.39 is 0 Å². The predicted molar refractivity (Wildman–Crippen MR) is 119 cm³/mol. The summed E-state index contributed by atoms with van der Waals surface area (Å²) in [4.78, 5) is 0. The van der Waals surface area contributed by atoms with Crippen molar-refractivity contribution < 1.29 is 9.47 Å². The molecule has 3 rings (SSSR count). The molecule has 0 radical (unpaired) electrons. The third-order valence-corrected chi connectivity index (χ3v) is 7.15. The lowest BCUT2D eigenvalue weighted by Crippen LogP contribution is -2.45. The summed E-state index contributed by atoms with van der Waals surface area (Å²) in [5.41, 5.74) is 4.11. The molecule has 2 aliphatic rings. The average Bonchev–Trinajstić information content (AvgIpc) is 2.63. The first kappa shape index (κ1) is 21.3. The number of hydrogen-bond donors (Lipinski definition) is 0. The topological polar surface area (TPSA) is 18.5 Å². The van der Waals surface area contributed by atoms with Crippen molar-refractivity contribution in [2.45, 2.75) is 103 Å². The Morgan fingerprint density at radius 3 is 2.61 bits per heavy atom. The van der Waals surface area contributed by atoms with Gasteiger partial charge in [0.15, 0.2) is 0 Å². The Labute approximate surface area is 172 Å². The van der Waals surface area contributed by atoms with Gasteiger partial charge in [0.2, 0.25) is 0 Å². The Morgan fingerprint density at radius 2 is 1.93 bits per heavy atom. The zero-order valence-electron chi connectivity index (χ0n) is 19.2. The van der Waals surface area contributed by atoms with Gasteiger partial charge in [0.1, 0.15) is 17.1 Å². The number of methoxy groups -OCH3 is 1. The van der Waals surface area contributed by atoms with Crippen molar-refractivity contribution in [3.8, 4) is 11.5 Å². The van der Waals surface area contributed by atoms with Crippen molar-refractivity contribution in [1.29, 1.82) is 0 Å². The lowest BCUT2D eigenvalue weighted by molar-refractivity contribution is 0.00738. The first-order valence-corrected chi connectivity index (χ1v) is 11.3. The molecule has 0 bridgehead atoms. The summed E-state index contributed by atoms with van der Waals surface area (Å²) in [7, 11) is 1.81. The second-order valence-electron chi connectivity index (χ2n) is 10.2. The molecule has 2 nitrogen and oxygen atoms in total. The number of rotatable bonds is 7. The van der Waals surface area contributed by atoms with Crippen molar-refractivity contribution in [2.75, 3.05) is 7.11 Å². The lowest BCUT2D eigenvalue weighted by atomic mass is 9.66. The van der Waals surface area contributed by atoms with E-state index in [1.54, 1.807) is 0 Å². The van der Waals surface area contributed by atoms with Crippen molar-refractivity contribution in [1.82, 2.24) is 0 Å². The van der Waals surface area contributed by atoms with E-state index in [2.05, 4.69) is 59.8 Å². The highest BCUT2D eigenvalue weighted by Crippen LogP contribution is 2.55. The Kier molecular flexibility index (Phi) is 6.17. The van der Waals surface area contributed by atoms with Crippen molar-refractivity contribution in [3.63, 3.8) is 0 Å². The predicted octanol–water partition coefficient (Wildman–Crippen LogP) is 7.55. The van der Waals surface area contributed by atoms with Crippen LogP contribution < -0.4 is 9.47 Å². The Balaban J connectivity index is 1.98. The average molecular weight is 385 g/mol. The Bertz CT molecular complexity index is 726. The van der Waals surface area contributed by atoms with Gasteiger partial charge in [-0.05, 0) is 63.1 Å². The van der Waals surface area contributed by atoms with Crippen LogP contribution in [0.15, 0.2) is 23.8 Å². The SMILES string of the molecule is CCCCCCC(C)(C)c1cc(OC)c2c(c1)OC(C)(C)[C@H]1CC=C(C)C[C@@H]21. The normalized spacial score (nSPS) is 23.3. The number of ether oxygens (including phenoxy) is 2. The molecule has 1 aliphatic carbocycles. The van der Waals surface area contributed by atoms with E-state index in [1.807, 2.05) is 7.11 Å². The number of benzene rings is 1. The molecule has 1 heterocycles. The summed E-state index contributed by atoms with van der Waals surface area (Å²) < 4.78 is 12.6. The van der Waals surface area contributed by atoms with Crippen LogP contribution in [-0.4, -0.2) is 12.7 Å². The van der Waals surface area contributed by atoms with Crippen molar-refractivity contribution in [3.05, 3.63) is 34.9 Å². The molecule has 0 amide bonds. The van der Waals surface area contributed by atoms with Gasteiger partial charge in [-0.3, -0.25) is 0 Å². The minimum atomic E-state index is -0.149. The van der Waals surface area contributed by atoms with E-state index in [0.29, 0.717) is 11.8 Å². The van der Waals surface area contributed by atoms with Gasteiger partial charge in [-0.25, -0.2) is 0 Å². The maximum atomic E-state index is 6.64. The third kappa shape index (κ3) is 4.11. The zero-order valence-corrected chi connectivity index (χ0v) is 19.2. The van der Waals surface area contributed by atoms with Crippen molar-refractivity contribution >= 4 is 0 Å². The highest BCUT2D eigenvalue weighted by atomic mass is 16.5. The molecular formula is C26H40O2. The first-order valence-electron chi connectivity index (χ1n) is 11.3. The van der Waals surface area contributed by atoms with Crippen LogP contribution in [0.25, 0.3) is 0 Å². The third-order valence-electron chi connectivity index (χ3n) is 7.15. The second kappa shape index (κ2) is 8.13. The van der Waals surface area contributed by atoms with Gasteiger partial charge in [0, 0.05) is 17.4 Å². The molecule has 2 atom stereocenters. The summed E-state index contributed by atoms with van der Waals surface area (Å²) in [6.07, 6.45) is 11.0. The molecule has 0 unspecified atom stereocenters. The monoisotopic (exact) mass is 384 g/mol. The zero-order chi connectivity index (χ0) is 20.5. The van der Waals surface area contributed by atoms with Gasteiger partial charge >= 0.3 is 0 Å². The van der Waals surface area contributed by atoms with Gasteiger partial charge in [0.05, 0.1) is 7.11 Å². The van der Waals surface area contributed by atoms with Gasteiger partial charge in [0.25, 0.3) is 0 Å². The summed E-state index contributed by atoms with van der Waals surface area (Å²) in [5.74, 6) is 3.07. The number of fused-ring (bicyclic) bond motifs is 3. The fourth-order valence-electron chi connectivity index (χ4n) is 5.24. The molecule has 28 heavy (non-hydrogen) atoms. The number of allylic oxidation sites excluding steroid dienone is 2. The van der Waals surface area contributed by atoms with E-state index in [0.717, 1.165) is 24.3 Å². The highest BCUT2D eigenvalue weighted by molar-refractivity contribution is 5.54. The lowest BCUT2D eigenvalue weighted by Gasteiger charge is -2.47. The molecule has 1 aromatic rings. The van der Waals surface area contributed by atoms with Gasteiger partial charge in [-0.2, -0.15) is 0 Å². The summed E-state index contributed by atoms with van der Waals surface area (Å²) in [6.45, 7) is 13.8. The molecule has 156 valence electrons. The molecule has 0 spiro atoms. The van der Waals surface area contributed by atoms with Crippen LogP contribution in [0.5, 0.6) is 11.5 Å². The molecule has 0 N–H and O–H groups in total. The van der Waals surface area contributed by atoms with Crippen molar-refractivity contribution in [2.24, 2.45) is 5.92 Å². The van der Waals surface area contributed by atoms with Crippen LogP contribution in [0.1, 0.15) is 104 Å². The van der Waals surface area contributed by atoms with Crippen LogP contribution in [-0.2, 0) is 5.41 Å². The maximum absolute atomic E-state index is 6.64. The molecule has 2 heteroatoms. The number of unbranched alkanes of at least 4 members (excludes halogenated alkanes) is 3. The smallest absolute Gasteiger partial charge is 0.127 e. The van der Waals surface area contributed by atoms with E-state index in [1.165, 1.54) is 48.8 Å². The van der Waals surface area contributed by atoms with Gasteiger partial charge in [-0.15, -0.1) is 0 Å². The second-order valence-corrected chi connectivity index (χ2v) is 10.2. The quantitative estimate of drug-likeness (QED) is 0.357. The molecule has 1 aromatic carbocycles. The summed E-state index contributed by atoms with van der Waals surface area (Å²) in [6, 6.07) is 4.62. The van der Waals surface area contributed by atoms with Crippen LogP contribution in [0.4, 0.5) is 0 Å². The standard InChI is InChI=1S/C26H40O2/c1-8-9-10-11-14-25(3,4)19-16-22(27-7)24-20-15-18(2)12-13-21(20)26(5,6)28-23(24)17-19/h12,16-17,20-21H,8-11,13-15H2,1-7H3/t20-,21+/m1/s1. The van der Waals surface area contributed by atoms with Crippen LogP contribution in [0, 0.1) is 5.92 Å². The Hall–Kier alpha value is -1.44. The van der Waals surface area contributed by atoms with E-state index in [4.69, 9.17) is 9.47 Å². The van der Waals surface area contributed by atoms with Crippen LogP contribution in [0.3, 0.4) is 0 Å². The minimum absolute atomic E-state index is 0.128. The molecule has 1 aliphatic heterocycles. The van der Waals surface area contributed by atoms with E-state index >= 15 is 0 Å². The molecule has 0 aromatic heterocycles. The van der Waals surface area contributed by atoms with E-state index in [-0.39, 0.29) is 11.0 Å². The largest absolute Gasteiger partial charge is 0.496 e. The number of hydrogen-bond acceptors (Lipinski definition) is 2. The summed E-state index contributed by atoms with van der Waals surface area (Å²) in [5, 5.41) is 0. The summed E-state index contributed by atoms with van der Waals surface area (Å²) >= 11 is 0. The van der Waals surface area contributed by atoms with Gasteiger partial charge < -0.3 is 9.47 Å². The Morgan fingerprint density at radius 1 is 1.18 bits per heavy atom. The fourth-order valence-corrected chi connectivity index (χ4v) is 5.24. The fraction of sp³-hybridized carbons (Fsp3) is 0.692. The van der Waals surface area contributed by atoms with Crippen LogP contribution in [0.2, 0.25) is 0 Å². The molecule has 0 saturated carbocycles. The van der Waals surface area contributed by atoms with Gasteiger partial charge in [-0.1, -0.05) is 58.1 Å². The van der Waals surface area contributed by atoms with Crippen LogP contribution >= 0.6 is 0 Å². The molecule has 0 saturated heterocycles. The highest BCUT2D eigenvalue weighted by Gasteiger charge is 2.46.